The number of benzene rings is 2. The molecule has 1 aliphatic rings. The van der Waals surface area contributed by atoms with Crippen molar-refractivity contribution in [1.82, 2.24) is 4.57 Å². The third-order valence-electron chi connectivity index (χ3n) is 5.60. The molecule has 4 rings (SSSR count). The smallest absolute Gasteiger partial charge is 0.338 e. The molecule has 7 nitrogen and oxygen atoms in total. The maximum absolute atomic E-state index is 13.7. The SMILES string of the molecule is CCOc1c(Br)cc(/C=c2\sc3n(c2=O)[C@@H](c2ccccc2)C(C(=O)OC)=C(CC)N=3)cc1OC. The molecule has 0 aliphatic carbocycles. The second-order valence-corrected chi connectivity index (χ2v) is 9.53. The number of carbonyl (C=O) groups is 1. The highest BCUT2D eigenvalue weighted by Gasteiger charge is 2.33. The fourth-order valence-corrected chi connectivity index (χ4v) is 5.67. The van der Waals surface area contributed by atoms with Gasteiger partial charge in [0, 0.05) is 0 Å². The van der Waals surface area contributed by atoms with Gasteiger partial charge in [-0.05, 0) is 58.6 Å². The summed E-state index contributed by atoms with van der Waals surface area (Å²) < 4.78 is 19.1. The Morgan fingerprint density at radius 2 is 1.94 bits per heavy atom. The molecule has 0 spiro atoms. The average molecular weight is 557 g/mol. The third kappa shape index (κ3) is 4.70. The van der Waals surface area contributed by atoms with Gasteiger partial charge in [-0.25, -0.2) is 9.79 Å². The molecule has 35 heavy (non-hydrogen) atoms. The molecule has 1 aromatic heterocycles. The minimum absolute atomic E-state index is 0.233. The molecule has 1 aliphatic heterocycles. The molecule has 0 saturated heterocycles. The molecule has 182 valence electrons. The van der Waals surface area contributed by atoms with E-state index in [1.165, 1.54) is 18.4 Å². The second kappa shape index (κ2) is 10.6. The zero-order valence-corrected chi connectivity index (χ0v) is 22.2. The first-order valence-electron chi connectivity index (χ1n) is 11.1. The summed E-state index contributed by atoms with van der Waals surface area (Å²) in [7, 11) is 2.91. The number of esters is 1. The predicted molar refractivity (Wildman–Crippen MR) is 139 cm³/mol. The van der Waals surface area contributed by atoms with Crippen LogP contribution < -0.4 is 24.4 Å². The number of nitrogens with zero attached hydrogens (tertiary/aromatic N) is 2. The monoisotopic (exact) mass is 556 g/mol. The quantitative estimate of drug-likeness (QED) is 0.411. The van der Waals surface area contributed by atoms with Crippen molar-refractivity contribution in [1.29, 1.82) is 0 Å². The summed E-state index contributed by atoms with van der Waals surface area (Å²) in [6.45, 7) is 4.33. The molecule has 0 amide bonds. The van der Waals surface area contributed by atoms with Crippen LogP contribution in [0.15, 0.2) is 68.0 Å². The Hall–Kier alpha value is -3.17. The van der Waals surface area contributed by atoms with Crippen molar-refractivity contribution >= 4 is 39.3 Å². The van der Waals surface area contributed by atoms with Crippen molar-refractivity contribution in [2.45, 2.75) is 26.3 Å². The number of allylic oxidation sites excluding steroid dienone is 1. The number of aromatic nitrogens is 1. The number of hydrogen-bond acceptors (Lipinski definition) is 7. The largest absolute Gasteiger partial charge is 0.493 e. The lowest BCUT2D eigenvalue weighted by Gasteiger charge is -2.25. The summed E-state index contributed by atoms with van der Waals surface area (Å²) >= 11 is 4.82. The van der Waals surface area contributed by atoms with Crippen LogP contribution in [-0.2, 0) is 9.53 Å². The molecule has 0 bridgehead atoms. The number of fused-ring (bicyclic) bond motifs is 1. The van der Waals surface area contributed by atoms with Gasteiger partial charge in [0.05, 0.1) is 47.1 Å². The van der Waals surface area contributed by atoms with Gasteiger partial charge in [0.25, 0.3) is 5.56 Å². The molecule has 3 aromatic rings. The first kappa shape index (κ1) is 24.9. The van der Waals surface area contributed by atoms with Crippen molar-refractivity contribution in [3.05, 3.63) is 89.0 Å². The number of thiazole rings is 1. The summed E-state index contributed by atoms with van der Waals surface area (Å²) in [5, 5.41) is 0. The van der Waals surface area contributed by atoms with Crippen LogP contribution in [0.1, 0.15) is 37.4 Å². The van der Waals surface area contributed by atoms with Crippen molar-refractivity contribution in [3.63, 3.8) is 0 Å². The van der Waals surface area contributed by atoms with Crippen LogP contribution >= 0.6 is 27.3 Å². The molecule has 0 saturated carbocycles. The lowest BCUT2D eigenvalue weighted by Crippen LogP contribution is -2.40. The fourth-order valence-electron chi connectivity index (χ4n) is 4.07. The number of rotatable bonds is 7. The highest BCUT2D eigenvalue weighted by molar-refractivity contribution is 9.10. The Balaban J connectivity index is 1.95. The van der Waals surface area contributed by atoms with Crippen LogP contribution in [0.5, 0.6) is 11.5 Å². The van der Waals surface area contributed by atoms with Gasteiger partial charge in [0.2, 0.25) is 0 Å². The zero-order chi connectivity index (χ0) is 25.1. The van der Waals surface area contributed by atoms with Crippen molar-refractivity contribution in [2.24, 2.45) is 4.99 Å². The summed E-state index contributed by atoms with van der Waals surface area (Å²) in [5.41, 5.74) is 2.34. The topological polar surface area (TPSA) is 79.1 Å². The van der Waals surface area contributed by atoms with E-state index in [4.69, 9.17) is 14.2 Å². The van der Waals surface area contributed by atoms with Gasteiger partial charge in [-0.15, -0.1) is 0 Å². The molecule has 1 atom stereocenters. The lowest BCUT2D eigenvalue weighted by atomic mass is 9.95. The highest BCUT2D eigenvalue weighted by Crippen LogP contribution is 2.37. The van der Waals surface area contributed by atoms with E-state index in [0.29, 0.717) is 45.1 Å². The van der Waals surface area contributed by atoms with Crippen LogP contribution in [0, 0.1) is 0 Å². The van der Waals surface area contributed by atoms with Gasteiger partial charge in [-0.1, -0.05) is 48.6 Å². The first-order valence-corrected chi connectivity index (χ1v) is 12.7. The Labute approximate surface area is 215 Å². The number of halogens is 1. The number of methoxy groups -OCH3 is 2. The average Bonchev–Trinajstić information content (AvgIpc) is 3.18. The Morgan fingerprint density at radius 3 is 2.57 bits per heavy atom. The normalized spacial score (nSPS) is 15.5. The molecule has 0 unspecified atom stereocenters. The summed E-state index contributed by atoms with van der Waals surface area (Å²) in [6.07, 6.45) is 2.32. The molecule has 0 fully saturated rings. The van der Waals surface area contributed by atoms with Gasteiger partial charge in [-0.2, -0.15) is 0 Å². The fraction of sp³-hybridized carbons (Fsp3) is 0.269. The minimum atomic E-state index is -0.626. The molecule has 0 N–H and O–H groups in total. The Kier molecular flexibility index (Phi) is 7.57. The van der Waals surface area contributed by atoms with Crippen LogP contribution in [0.25, 0.3) is 6.08 Å². The highest BCUT2D eigenvalue weighted by atomic mass is 79.9. The van der Waals surface area contributed by atoms with Crippen molar-refractivity contribution in [3.8, 4) is 11.5 Å². The maximum Gasteiger partial charge on any atom is 0.338 e. The van der Waals surface area contributed by atoms with E-state index >= 15 is 0 Å². The molecular formula is C26H25BrN2O5S. The van der Waals surface area contributed by atoms with Crippen molar-refractivity contribution in [2.75, 3.05) is 20.8 Å². The molecular weight excluding hydrogens is 532 g/mol. The van der Waals surface area contributed by atoms with E-state index < -0.39 is 12.0 Å². The van der Waals surface area contributed by atoms with Gasteiger partial charge in [-0.3, -0.25) is 9.36 Å². The summed E-state index contributed by atoms with van der Waals surface area (Å²) in [5.74, 6) is 0.672. The third-order valence-corrected chi connectivity index (χ3v) is 7.18. The summed E-state index contributed by atoms with van der Waals surface area (Å²) in [4.78, 5) is 31.8. The zero-order valence-electron chi connectivity index (χ0n) is 19.8. The Bertz CT molecular complexity index is 1470. The van der Waals surface area contributed by atoms with E-state index in [1.807, 2.05) is 56.3 Å². The van der Waals surface area contributed by atoms with E-state index in [-0.39, 0.29) is 5.56 Å². The van der Waals surface area contributed by atoms with Crippen LogP contribution in [0.3, 0.4) is 0 Å². The maximum atomic E-state index is 13.7. The number of ether oxygens (including phenoxy) is 3. The molecule has 2 heterocycles. The van der Waals surface area contributed by atoms with E-state index in [9.17, 15) is 9.59 Å². The summed E-state index contributed by atoms with van der Waals surface area (Å²) in [6, 6.07) is 12.5. The number of carbonyl (C=O) groups excluding carboxylic acids is 1. The Morgan fingerprint density at radius 1 is 1.20 bits per heavy atom. The van der Waals surface area contributed by atoms with Gasteiger partial charge >= 0.3 is 5.97 Å². The molecule has 0 radical (unpaired) electrons. The van der Waals surface area contributed by atoms with Gasteiger partial charge < -0.3 is 14.2 Å². The molecule has 9 heteroatoms. The van der Waals surface area contributed by atoms with Gasteiger partial charge in [0.15, 0.2) is 16.3 Å². The standard InChI is InChI=1S/C26H25BrN2O5S/c1-5-18-21(25(31)33-4)22(16-10-8-7-9-11-16)29-24(30)20(35-26(29)28-18)14-15-12-17(27)23(34-6-2)19(13-15)32-3/h7-14,22H,5-6H2,1-4H3/b20-14-/t22-/m0/s1. The second-order valence-electron chi connectivity index (χ2n) is 7.67. The van der Waals surface area contributed by atoms with E-state index in [2.05, 4.69) is 20.9 Å². The van der Waals surface area contributed by atoms with E-state index in [0.717, 1.165) is 15.6 Å². The minimum Gasteiger partial charge on any atom is -0.493 e. The van der Waals surface area contributed by atoms with Crippen molar-refractivity contribution < 1.29 is 19.0 Å². The van der Waals surface area contributed by atoms with Crippen LogP contribution in [0.2, 0.25) is 0 Å². The van der Waals surface area contributed by atoms with Gasteiger partial charge in [0.1, 0.15) is 0 Å². The molecule has 2 aromatic carbocycles. The first-order chi connectivity index (χ1) is 16.9. The van der Waals surface area contributed by atoms with E-state index in [1.54, 1.807) is 17.8 Å². The van der Waals surface area contributed by atoms with Crippen LogP contribution in [0.4, 0.5) is 0 Å². The van der Waals surface area contributed by atoms with Crippen LogP contribution in [-0.4, -0.2) is 31.4 Å². The predicted octanol–water partition coefficient (Wildman–Crippen LogP) is 3.97. The lowest BCUT2D eigenvalue weighted by molar-refractivity contribution is -0.136. The number of hydrogen-bond donors (Lipinski definition) is 0.